The molecular formula is C8H16N4O. The van der Waals surface area contributed by atoms with Crippen LogP contribution in [0.3, 0.4) is 0 Å². The third-order valence-electron chi connectivity index (χ3n) is 1.75. The number of nitrogens with one attached hydrogen (secondary N) is 1. The molecule has 1 atom stereocenters. The Bertz CT molecular complexity index is 248. The summed E-state index contributed by atoms with van der Waals surface area (Å²) in [5, 5.41) is 7.28. The van der Waals surface area contributed by atoms with E-state index < -0.39 is 0 Å². The highest BCUT2D eigenvalue weighted by Gasteiger charge is 2.06. The van der Waals surface area contributed by atoms with Crippen molar-refractivity contribution in [1.82, 2.24) is 20.1 Å². The lowest BCUT2D eigenvalue weighted by molar-refractivity contribution is 0.156. The van der Waals surface area contributed by atoms with Crippen LogP contribution in [0.5, 0.6) is 0 Å². The van der Waals surface area contributed by atoms with Crippen LogP contribution in [0.1, 0.15) is 18.8 Å². The van der Waals surface area contributed by atoms with E-state index in [1.807, 2.05) is 18.7 Å². The molecule has 0 aliphatic heterocycles. The fourth-order valence-corrected chi connectivity index (χ4v) is 1.08. The smallest absolute Gasteiger partial charge is 0.164 e. The van der Waals surface area contributed by atoms with Gasteiger partial charge in [0.2, 0.25) is 0 Å². The van der Waals surface area contributed by atoms with Gasteiger partial charge >= 0.3 is 0 Å². The molecule has 74 valence electrons. The van der Waals surface area contributed by atoms with Crippen molar-refractivity contribution in [3.05, 3.63) is 12.2 Å². The number of aromatic nitrogens is 3. The Hall–Kier alpha value is -0.940. The maximum absolute atomic E-state index is 5.02. The van der Waals surface area contributed by atoms with Crippen molar-refractivity contribution in [3.8, 4) is 0 Å². The molecule has 0 saturated carbocycles. The lowest BCUT2D eigenvalue weighted by Gasteiger charge is -2.08. The van der Waals surface area contributed by atoms with E-state index in [-0.39, 0.29) is 6.04 Å². The molecule has 5 heteroatoms. The molecule has 1 heterocycles. The molecule has 0 bridgehead atoms. The summed E-state index contributed by atoms with van der Waals surface area (Å²) in [5.41, 5.74) is 0. The van der Waals surface area contributed by atoms with E-state index >= 15 is 0 Å². The molecule has 1 aromatic rings. The third kappa shape index (κ3) is 2.78. The Morgan fingerprint density at radius 3 is 3.08 bits per heavy atom. The molecule has 0 aliphatic rings. The van der Waals surface area contributed by atoms with Crippen molar-refractivity contribution in [2.45, 2.75) is 19.5 Å². The van der Waals surface area contributed by atoms with E-state index in [9.17, 15) is 0 Å². The molecule has 5 nitrogen and oxygen atoms in total. The molecular weight excluding hydrogens is 168 g/mol. The van der Waals surface area contributed by atoms with Crippen molar-refractivity contribution >= 4 is 0 Å². The van der Waals surface area contributed by atoms with Crippen LogP contribution in [0.25, 0.3) is 0 Å². The van der Waals surface area contributed by atoms with Crippen LogP contribution in [0.15, 0.2) is 6.33 Å². The quantitative estimate of drug-likeness (QED) is 0.710. The Balaban J connectivity index is 2.56. The number of rotatable bonds is 5. The minimum atomic E-state index is 0.239. The van der Waals surface area contributed by atoms with E-state index in [0.29, 0.717) is 13.2 Å². The summed E-state index contributed by atoms with van der Waals surface area (Å²) in [5.74, 6) is 0.811. The van der Waals surface area contributed by atoms with Gasteiger partial charge in [0, 0.05) is 7.11 Å². The first-order valence-electron chi connectivity index (χ1n) is 4.31. The van der Waals surface area contributed by atoms with Gasteiger partial charge in [-0.05, 0) is 14.0 Å². The summed E-state index contributed by atoms with van der Waals surface area (Å²) in [7, 11) is 3.56. The molecule has 0 aliphatic carbocycles. The van der Waals surface area contributed by atoms with Crippen molar-refractivity contribution in [2.75, 3.05) is 20.8 Å². The first-order chi connectivity index (χ1) is 6.27. The van der Waals surface area contributed by atoms with Crippen molar-refractivity contribution in [2.24, 2.45) is 0 Å². The van der Waals surface area contributed by atoms with Crippen molar-refractivity contribution in [1.29, 1.82) is 0 Å². The highest BCUT2D eigenvalue weighted by Crippen LogP contribution is 2.02. The zero-order valence-corrected chi connectivity index (χ0v) is 8.32. The summed E-state index contributed by atoms with van der Waals surface area (Å²) < 4.78 is 6.84. The molecule has 0 saturated heterocycles. The maximum Gasteiger partial charge on any atom is 0.164 e. The zero-order valence-electron chi connectivity index (χ0n) is 8.32. The Morgan fingerprint density at radius 2 is 2.46 bits per heavy atom. The van der Waals surface area contributed by atoms with Crippen LogP contribution in [-0.4, -0.2) is 35.5 Å². The van der Waals surface area contributed by atoms with E-state index in [0.717, 1.165) is 5.82 Å². The fourth-order valence-electron chi connectivity index (χ4n) is 1.08. The van der Waals surface area contributed by atoms with Gasteiger partial charge in [0.1, 0.15) is 6.33 Å². The summed E-state index contributed by atoms with van der Waals surface area (Å²) in [6.07, 6.45) is 1.73. The van der Waals surface area contributed by atoms with Crippen LogP contribution in [0, 0.1) is 0 Å². The monoisotopic (exact) mass is 184 g/mol. The highest BCUT2D eigenvalue weighted by molar-refractivity contribution is 4.81. The molecule has 1 aromatic heterocycles. The minimum Gasteiger partial charge on any atom is -0.382 e. The van der Waals surface area contributed by atoms with Gasteiger partial charge in [0.05, 0.1) is 19.2 Å². The Labute approximate surface area is 78.1 Å². The number of ether oxygens (including phenoxy) is 1. The average molecular weight is 184 g/mol. The highest BCUT2D eigenvalue weighted by atomic mass is 16.5. The Morgan fingerprint density at radius 1 is 1.69 bits per heavy atom. The summed E-state index contributed by atoms with van der Waals surface area (Å²) in [6.45, 7) is 3.40. The van der Waals surface area contributed by atoms with Gasteiger partial charge < -0.3 is 10.1 Å². The van der Waals surface area contributed by atoms with Crippen LogP contribution in [-0.2, 0) is 11.3 Å². The Kier molecular flexibility index (Phi) is 3.85. The third-order valence-corrected chi connectivity index (χ3v) is 1.75. The first-order valence-corrected chi connectivity index (χ1v) is 4.31. The van der Waals surface area contributed by atoms with E-state index in [4.69, 9.17) is 4.74 Å². The molecule has 0 amide bonds. The maximum atomic E-state index is 5.02. The molecule has 1 rings (SSSR count). The van der Waals surface area contributed by atoms with Gasteiger partial charge in [-0.25, -0.2) is 9.67 Å². The van der Waals surface area contributed by atoms with Gasteiger partial charge in [0.25, 0.3) is 0 Å². The molecule has 0 fully saturated rings. The van der Waals surface area contributed by atoms with Crippen LogP contribution in [0.4, 0.5) is 0 Å². The largest absolute Gasteiger partial charge is 0.382 e. The van der Waals surface area contributed by atoms with Crippen molar-refractivity contribution in [3.63, 3.8) is 0 Å². The molecule has 1 N–H and O–H groups in total. The topological polar surface area (TPSA) is 52.0 Å². The first kappa shape index (κ1) is 10.1. The fraction of sp³-hybridized carbons (Fsp3) is 0.750. The molecule has 0 spiro atoms. The molecule has 13 heavy (non-hydrogen) atoms. The normalized spacial score (nSPS) is 13.2. The standard InChI is InChI=1S/C8H16N4O/c1-7(5-13-3)12-6-10-8(11-12)4-9-2/h6-7,9H,4-5H2,1-3H3. The number of hydrogen-bond donors (Lipinski definition) is 1. The molecule has 0 aromatic carbocycles. The number of hydrogen-bond acceptors (Lipinski definition) is 4. The van der Waals surface area contributed by atoms with Gasteiger partial charge in [-0.2, -0.15) is 5.10 Å². The number of methoxy groups -OCH3 is 1. The van der Waals surface area contributed by atoms with Crippen LogP contribution >= 0.6 is 0 Å². The van der Waals surface area contributed by atoms with Crippen LogP contribution < -0.4 is 5.32 Å². The van der Waals surface area contributed by atoms with Gasteiger partial charge in [-0.3, -0.25) is 0 Å². The minimum absolute atomic E-state index is 0.239. The summed E-state index contributed by atoms with van der Waals surface area (Å²) in [6, 6.07) is 0.239. The second-order valence-electron chi connectivity index (χ2n) is 2.98. The lowest BCUT2D eigenvalue weighted by atomic mass is 10.4. The number of nitrogens with zero attached hydrogens (tertiary/aromatic N) is 3. The second-order valence-corrected chi connectivity index (χ2v) is 2.98. The average Bonchev–Trinajstić information content (AvgIpc) is 2.54. The van der Waals surface area contributed by atoms with Crippen LogP contribution in [0.2, 0.25) is 0 Å². The predicted molar refractivity (Wildman–Crippen MR) is 49.4 cm³/mol. The lowest BCUT2D eigenvalue weighted by Crippen LogP contribution is -2.13. The molecule has 1 unspecified atom stereocenters. The zero-order chi connectivity index (χ0) is 9.68. The summed E-state index contributed by atoms with van der Waals surface area (Å²) in [4.78, 5) is 4.14. The van der Waals surface area contributed by atoms with Crippen molar-refractivity contribution < 1.29 is 4.74 Å². The van der Waals surface area contributed by atoms with E-state index in [1.54, 1.807) is 13.4 Å². The SMILES string of the molecule is CNCc1ncn(C(C)COC)n1. The van der Waals surface area contributed by atoms with E-state index in [1.165, 1.54) is 0 Å². The molecule has 0 radical (unpaired) electrons. The van der Waals surface area contributed by atoms with Gasteiger partial charge in [-0.1, -0.05) is 0 Å². The predicted octanol–water partition coefficient (Wildman–Crippen LogP) is 0.205. The second kappa shape index (κ2) is 4.94. The van der Waals surface area contributed by atoms with E-state index in [2.05, 4.69) is 15.4 Å². The summed E-state index contributed by atoms with van der Waals surface area (Å²) >= 11 is 0. The van der Waals surface area contributed by atoms with Gasteiger partial charge in [0.15, 0.2) is 5.82 Å². The van der Waals surface area contributed by atoms with Gasteiger partial charge in [-0.15, -0.1) is 0 Å².